The Morgan fingerprint density at radius 2 is 1.23 bits per heavy atom. The summed E-state index contributed by atoms with van der Waals surface area (Å²) in [6.07, 6.45) is 1.98. The van der Waals surface area contributed by atoms with Crippen molar-refractivity contribution in [2.45, 2.75) is 18.3 Å². The van der Waals surface area contributed by atoms with Gasteiger partial charge in [-0.1, -0.05) is 72.8 Å². The Hall–Kier alpha value is -3.73. The van der Waals surface area contributed by atoms with Crippen LogP contribution < -0.4 is 5.32 Å². The Morgan fingerprint density at radius 3 is 1.71 bits per heavy atom. The topological polar surface area (TPSA) is 66.5 Å². The van der Waals surface area contributed by atoms with E-state index in [1.807, 2.05) is 36.4 Å². The zero-order chi connectivity index (χ0) is 21.7. The number of rotatable bonds is 9. The number of amides is 3. The summed E-state index contributed by atoms with van der Waals surface area (Å²) < 4.78 is 0. The molecule has 0 spiro atoms. The molecule has 0 atom stereocenters. The number of hydrogen-bond donors (Lipinski definition) is 1. The molecule has 1 N–H and O–H groups in total. The molecule has 0 aromatic heterocycles. The molecule has 0 fully saturated rings. The van der Waals surface area contributed by atoms with Gasteiger partial charge in [0.15, 0.2) is 0 Å². The van der Waals surface area contributed by atoms with E-state index in [0.717, 1.165) is 11.1 Å². The summed E-state index contributed by atoms with van der Waals surface area (Å²) >= 11 is 0. The van der Waals surface area contributed by atoms with Crippen LogP contribution in [0, 0.1) is 0 Å². The van der Waals surface area contributed by atoms with Gasteiger partial charge in [0.05, 0.1) is 11.1 Å². The van der Waals surface area contributed by atoms with Crippen LogP contribution in [-0.4, -0.2) is 36.2 Å². The summed E-state index contributed by atoms with van der Waals surface area (Å²) in [5, 5.41) is 2.87. The molecule has 0 radical (unpaired) electrons. The van der Waals surface area contributed by atoms with Crippen LogP contribution >= 0.6 is 0 Å². The third-order valence-corrected chi connectivity index (χ3v) is 6.00. The Labute approximate surface area is 181 Å². The van der Waals surface area contributed by atoms with Crippen LogP contribution in [0.4, 0.5) is 0 Å². The summed E-state index contributed by atoms with van der Waals surface area (Å²) in [6, 6.07) is 27.0. The molecule has 0 bridgehead atoms. The zero-order valence-corrected chi connectivity index (χ0v) is 17.2. The first-order valence-corrected chi connectivity index (χ1v) is 10.4. The number of carbonyl (C=O) groups excluding carboxylic acids is 3. The molecule has 3 aromatic carbocycles. The minimum atomic E-state index is -0.470. The summed E-state index contributed by atoms with van der Waals surface area (Å²) in [6.45, 7) is 0.751. The number of fused-ring (bicyclic) bond motifs is 1. The molecule has 5 heteroatoms. The minimum absolute atomic E-state index is 0.239. The Kier molecular flexibility index (Phi) is 5.94. The van der Waals surface area contributed by atoms with Crippen molar-refractivity contribution in [1.29, 1.82) is 0 Å². The van der Waals surface area contributed by atoms with Crippen molar-refractivity contribution in [2.75, 3.05) is 13.1 Å². The minimum Gasteiger partial charge on any atom is -0.357 e. The average Bonchev–Trinajstić information content (AvgIpc) is 3.07. The zero-order valence-electron chi connectivity index (χ0n) is 17.2. The fraction of sp³-hybridized carbons (Fsp3) is 0.192. The molecule has 0 saturated heterocycles. The highest BCUT2D eigenvalue weighted by Crippen LogP contribution is 2.37. The van der Waals surface area contributed by atoms with E-state index in [-0.39, 0.29) is 11.8 Å². The highest BCUT2D eigenvalue weighted by atomic mass is 16.2. The average molecular weight is 412 g/mol. The summed E-state index contributed by atoms with van der Waals surface area (Å²) in [5.41, 5.74) is 2.62. The maximum Gasteiger partial charge on any atom is 0.261 e. The van der Waals surface area contributed by atoms with Crippen LogP contribution in [0.1, 0.15) is 44.7 Å². The van der Waals surface area contributed by atoms with E-state index >= 15 is 0 Å². The Bertz CT molecular complexity index is 1010. The molecule has 3 amide bonds. The van der Waals surface area contributed by atoms with E-state index in [4.69, 9.17) is 0 Å². The van der Waals surface area contributed by atoms with E-state index in [0.29, 0.717) is 43.5 Å². The van der Waals surface area contributed by atoms with Gasteiger partial charge in [0.25, 0.3) is 11.8 Å². The van der Waals surface area contributed by atoms with Gasteiger partial charge in [-0.05, 0) is 36.1 Å². The lowest BCUT2D eigenvalue weighted by Crippen LogP contribution is -2.40. The fourth-order valence-corrected chi connectivity index (χ4v) is 4.46. The molecule has 0 saturated carbocycles. The second-order valence-corrected chi connectivity index (χ2v) is 7.72. The van der Waals surface area contributed by atoms with Crippen LogP contribution in [0.25, 0.3) is 0 Å². The highest BCUT2D eigenvalue weighted by molar-refractivity contribution is 6.21. The van der Waals surface area contributed by atoms with E-state index in [1.165, 1.54) is 4.90 Å². The molecule has 0 unspecified atom stereocenters. The Morgan fingerprint density at radius 1 is 0.742 bits per heavy atom. The maximum atomic E-state index is 12.7. The van der Waals surface area contributed by atoms with Gasteiger partial charge in [-0.25, -0.2) is 0 Å². The van der Waals surface area contributed by atoms with Crippen LogP contribution in [0.15, 0.2) is 84.9 Å². The van der Waals surface area contributed by atoms with Gasteiger partial charge in [0, 0.05) is 18.5 Å². The van der Waals surface area contributed by atoms with E-state index in [2.05, 4.69) is 29.6 Å². The lowest BCUT2D eigenvalue weighted by atomic mass is 9.71. The van der Waals surface area contributed by atoms with Gasteiger partial charge in [-0.15, -0.1) is 0 Å². The smallest absolute Gasteiger partial charge is 0.261 e. The maximum absolute atomic E-state index is 12.7. The van der Waals surface area contributed by atoms with Crippen molar-refractivity contribution < 1.29 is 14.4 Å². The predicted octanol–water partition coefficient (Wildman–Crippen LogP) is 3.80. The van der Waals surface area contributed by atoms with Crippen LogP contribution in [0.2, 0.25) is 0 Å². The third-order valence-electron chi connectivity index (χ3n) is 6.00. The predicted molar refractivity (Wildman–Crippen MR) is 119 cm³/mol. The van der Waals surface area contributed by atoms with Gasteiger partial charge in [0.1, 0.15) is 0 Å². The first kappa shape index (κ1) is 20.5. The van der Waals surface area contributed by atoms with Crippen molar-refractivity contribution in [1.82, 2.24) is 10.2 Å². The molecule has 31 heavy (non-hydrogen) atoms. The molecule has 1 aliphatic heterocycles. The van der Waals surface area contributed by atoms with Crippen molar-refractivity contribution in [2.24, 2.45) is 0 Å². The summed E-state index contributed by atoms with van der Waals surface area (Å²) in [5.74, 6) is -0.478. The quantitative estimate of drug-likeness (QED) is 0.429. The van der Waals surface area contributed by atoms with Crippen molar-refractivity contribution in [3.63, 3.8) is 0 Å². The fourth-order valence-electron chi connectivity index (χ4n) is 4.46. The number of imide groups is 1. The monoisotopic (exact) mass is 412 g/mol. The van der Waals surface area contributed by atoms with Crippen LogP contribution in [0.5, 0.6) is 0 Å². The second-order valence-electron chi connectivity index (χ2n) is 7.72. The number of hydrogen-bond acceptors (Lipinski definition) is 3. The molecule has 1 aliphatic rings. The van der Waals surface area contributed by atoms with Gasteiger partial charge < -0.3 is 5.32 Å². The molecule has 156 valence electrons. The largest absolute Gasteiger partial charge is 0.357 e. The van der Waals surface area contributed by atoms with Crippen LogP contribution in [0.3, 0.4) is 0 Å². The second kappa shape index (κ2) is 8.96. The van der Waals surface area contributed by atoms with Gasteiger partial charge >= 0.3 is 0 Å². The number of carbonyl (C=O) groups is 3. The van der Waals surface area contributed by atoms with E-state index in [9.17, 15) is 14.4 Å². The third kappa shape index (κ3) is 3.87. The lowest BCUT2D eigenvalue weighted by Gasteiger charge is -2.35. The van der Waals surface area contributed by atoms with Crippen LogP contribution in [-0.2, 0) is 10.2 Å². The van der Waals surface area contributed by atoms with E-state index in [1.54, 1.807) is 24.3 Å². The van der Waals surface area contributed by atoms with Crippen molar-refractivity contribution in [3.8, 4) is 0 Å². The molecular weight excluding hydrogens is 388 g/mol. The number of nitrogens with one attached hydrogen (secondary N) is 1. The lowest BCUT2D eigenvalue weighted by molar-refractivity contribution is -0.109. The molecular formula is C26H24N2O3. The molecule has 3 aromatic rings. The van der Waals surface area contributed by atoms with Gasteiger partial charge in [0.2, 0.25) is 6.41 Å². The Balaban J connectivity index is 1.61. The summed E-state index contributed by atoms with van der Waals surface area (Å²) in [7, 11) is 0. The molecule has 5 nitrogen and oxygen atoms in total. The molecule has 0 aliphatic carbocycles. The standard InChI is InChI=1S/C26H24N2O3/c29-19-27-18-26(20-10-3-1-4-11-20,21-12-5-2-6-13-21)16-9-17-28-24(30)22-14-7-8-15-23(22)25(28)31/h1-8,10-15,19H,9,16-18H2,(H,27,29). The first-order chi connectivity index (χ1) is 15.2. The highest BCUT2D eigenvalue weighted by Gasteiger charge is 2.37. The van der Waals surface area contributed by atoms with Gasteiger partial charge in [-0.2, -0.15) is 0 Å². The summed E-state index contributed by atoms with van der Waals surface area (Å²) in [4.78, 5) is 38.0. The van der Waals surface area contributed by atoms with E-state index < -0.39 is 5.41 Å². The number of benzene rings is 3. The van der Waals surface area contributed by atoms with Crippen molar-refractivity contribution >= 4 is 18.2 Å². The van der Waals surface area contributed by atoms with Crippen molar-refractivity contribution in [3.05, 3.63) is 107 Å². The SMILES string of the molecule is O=CNCC(CCCN1C(=O)c2ccccc2C1=O)(c1ccccc1)c1ccccc1. The normalized spacial score (nSPS) is 13.2. The number of nitrogens with zero attached hydrogens (tertiary/aromatic N) is 1. The first-order valence-electron chi connectivity index (χ1n) is 10.4. The van der Waals surface area contributed by atoms with Gasteiger partial charge in [-0.3, -0.25) is 19.3 Å². The molecule has 1 heterocycles. The molecule has 4 rings (SSSR count).